The van der Waals surface area contributed by atoms with Gasteiger partial charge in [-0.2, -0.15) is 8.78 Å². The SMILES string of the molecule is CC(C)[C@@H](OC(=O)c1cccc(OC(F)F)c1)C(=O)NC(N)=O. The van der Waals surface area contributed by atoms with Crippen LogP contribution in [0.3, 0.4) is 0 Å². The monoisotopic (exact) mass is 330 g/mol. The van der Waals surface area contributed by atoms with E-state index < -0.39 is 36.5 Å². The fourth-order valence-corrected chi connectivity index (χ4v) is 1.67. The average molecular weight is 330 g/mol. The topological polar surface area (TPSA) is 108 Å². The van der Waals surface area contributed by atoms with Crippen molar-refractivity contribution in [1.82, 2.24) is 5.32 Å². The predicted octanol–water partition coefficient (Wildman–Crippen LogP) is 1.66. The lowest BCUT2D eigenvalue weighted by atomic mass is 10.1. The van der Waals surface area contributed by atoms with Gasteiger partial charge in [-0.15, -0.1) is 0 Å². The van der Waals surface area contributed by atoms with Crippen molar-refractivity contribution in [3.63, 3.8) is 0 Å². The Morgan fingerprint density at radius 1 is 1.22 bits per heavy atom. The third kappa shape index (κ3) is 5.89. The van der Waals surface area contributed by atoms with Crippen LogP contribution in [0.25, 0.3) is 0 Å². The molecule has 23 heavy (non-hydrogen) atoms. The standard InChI is InChI=1S/C14H16F2N2O5/c1-7(2)10(11(19)18-14(17)21)23-12(20)8-4-3-5-9(6-8)22-13(15)16/h3-7,10,13H,1-2H3,(H3,17,18,19,21)/t10-/m1/s1. The highest BCUT2D eigenvalue weighted by atomic mass is 19.3. The zero-order chi connectivity index (χ0) is 17.6. The first-order valence-corrected chi connectivity index (χ1v) is 6.57. The molecule has 0 aliphatic heterocycles. The van der Waals surface area contributed by atoms with Gasteiger partial charge in [0.05, 0.1) is 5.56 Å². The lowest BCUT2D eigenvalue weighted by Crippen LogP contribution is -2.45. The molecule has 1 rings (SSSR count). The largest absolute Gasteiger partial charge is 0.448 e. The van der Waals surface area contributed by atoms with Crippen LogP contribution >= 0.6 is 0 Å². The number of benzene rings is 1. The van der Waals surface area contributed by atoms with Crippen LogP contribution in [0.5, 0.6) is 5.75 Å². The van der Waals surface area contributed by atoms with E-state index >= 15 is 0 Å². The maximum atomic E-state index is 12.2. The van der Waals surface area contributed by atoms with E-state index in [-0.39, 0.29) is 11.3 Å². The van der Waals surface area contributed by atoms with Gasteiger partial charge in [0.15, 0.2) is 6.10 Å². The van der Waals surface area contributed by atoms with Crippen LogP contribution < -0.4 is 15.8 Å². The average Bonchev–Trinajstić information content (AvgIpc) is 2.42. The van der Waals surface area contributed by atoms with Crippen LogP contribution in [0, 0.1) is 5.92 Å². The number of hydrogen-bond acceptors (Lipinski definition) is 5. The molecule has 1 atom stereocenters. The van der Waals surface area contributed by atoms with E-state index in [1.807, 2.05) is 5.32 Å². The van der Waals surface area contributed by atoms with Crippen LogP contribution in [0.4, 0.5) is 13.6 Å². The Morgan fingerprint density at radius 2 is 1.87 bits per heavy atom. The molecule has 9 heteroatoms. The summed E-state index contributed by atoms with van der Waals surface area (Å²) in [5.74, 6) is -2.47. The van der Waals surface area contributed by atoms with Gasteiger partial charge in [0.2, 0.25) is 0 Å². The van der Waals surface area contributed by atoms with Crippen molar-refractivity contribution < 1.29 is 32.6 Å². The molecule has 7 nitrogen and oxygen atoms in total. The number of hydrogen-bond donors (Lipinski definition) is 2. The van der Waals surface area contributed by atoms with Crippen molar-refractivity contribution in [3.8, 4) is 5.75 Å². The molecule has 126 valence electrons. The molecule has 1 aromatic carbocycles. The summed E-state index contributed by atoms with van der Waals surface area (Å²) >= 11 is 0. The van der Waals surface area contributed by atoms with Gasteiger partial charge in [-0.05, 0) is 24.1 Å². The quantitative estimate of drug-likeness (QED) is 0.771. The molecule has 0 fully saturated rings. The van der Waals surface area contributed by atoms with Crippen molar-refractivity contribution in [2.75, 3.05) is 0 Å². The van der Waals surface area contributed by atoms with Crippen LogP contribution in [0.2, 0.25) is 0 Å². The summed E-state index contributed by atoms with van der Waals surface area (Å²) in [7, 11) is 0. The van der Waals surface area contributed by atoms with Gasteiger partial charge in [-0.25, -0.2) is 9.59 Å². The van der Waals surface area contributed by atoms with E-state index in [0.717, 1.165) is 6.07 Å². The number of primary amides is 1. The smallest absolute Gasteiger partial charge is 0.387 e. The van der Waals surface area contributed by atoms with Gasteiger partial charge in [-0.3, -0.25) is 10.1 Å². The van der Waals surface area contributed by atoms with Gasteiger partial charge in [0, 0.05) is 0 Å². The number of nitrogens with one attached hydrogen (secondary N) is 1. The lowest BCUT2D eigenvalue weighted by Gasteiger charge is -2.20. The van der Waals surface area contributed by atoms with Gasteiger partial charge in [0.1, 0.15) is 5.75 Å². The van der Waals surface area contributed by atoms with Gasteiger partial charge in [0.25, 0.3) is 5.91 Å². The molecular weight excluding hydrogens is 314 g/mol. The molecule has 0 aliphatic carbocycles. The summed E-state index contributed by atoms with van der Waals surface area (Å²) in [5.41, 5.74) is 4.76. The van der Waals surface area contributed by atoms with Gasteiger partial charge < -0.3 is 15.2 Å². The Balaban J connectivity index is 2.86. The predicted molar refractivity (Wildman–Crippen MR) is 74.8 cm³/mol. The normalized spacial score (nSPS) is 11.9. The highest BCUT2D eigenvalue weighted by Gasteiger charge is 2.28. The number of carbonyl (C=O) groups excluding carboxylic acids is 3. The minimum Gasteiger partial charge on any atom is -0.448 e. The molecule has 3 amide bonds. The summed E-state index contributed by atoms with van der Waals surface area (Å²) in [6, 6.07) is 3.84. The van der Waals surface area contributed by atoms with Crippen molar-refractivity contribution in [2.24, 2.45) is 11.7 Å². The zero-order valence-electron chi connectivity index (χ0n) is 12.4. The van der Waals surface area contributed by atoms with Crippen LogP contribution in [-0.4, -0.2) is 30.6 Å². The number of alkyl halides is 2. The van der Waals surface area contributed by atoms with Crippen molar-refractivity contribution in [3.05, 3.63) is 29.8 Å². The number of ether oxygens (including phenoxy) is 2. The van der Waals surface area contributed by atoms with Crippen molar-refractivity contribution >= 4 is 17.9 Å². The number of imide groups is 1. The van der Waals surface area contributed by atoms with E-state index in [4.69, 9.17) is 10.5 Å². The summed E-state index contributed by atoms with van der Waals surface area (Å²) in [4.78, 5) is 34.5. The first-order valence-electron chi connectivity index (χ1n) is 6.57. The van der Waals surface area contributed by atoms with E-state index in [2.05, 4.69) is 4.74 Å². The molecule has 0 aliphatic rings. The van der Waals surface area contributed by atoms with Crippen LogP contribution in [-0.2, 0) is 9.53 Å². The van der Waals surface area contributed by atoms with E-state index in [9.17, 15) is 23.2 Å². The second-order valence-electron chi connectivity index (χ2n) is 4.83. The second-order valence-corrected chi connectivity index (χ2v) is 4.83. The molecule has 0 spiro atoms. The Morgan fingerprint density at radius 3 is 2.39 bits per heavy atom. The first kappa shape index (κ1) is 18.3. The van der Waals surface area contributed by atoms with Crippen molar-refractivity contribution in [1.29, 1.82) is 0 Å². The van der Waals surface area contributed by atoms with E-state index in [0.29, 0.717) is 0 Å². The fraction of sp³-hybridized carbons (Fsp3) is 0.357. The minimum atomic E-state index is -3.04. The molecule has 1 aromatic rings. The third-order valence-corrected chi connectivity index (χ3v) is 2.64. The highest BCUT2D eigenvalue weighted by Crippen LogP contribution is 2.18. The number of urea groups is 1. The number of amides is 3. The summed E-state index contributed by atoms with van der Waals surface area (Å²) in [5, 5.41) is 1.82. The Bertz CT molecular complexity index is 592. The van der Waals surface area contributed by atoms with E-state index in [1.165, 1.54) is 18.2 Å². The zero-order valence-corrected chi connectivity index (χ0v) is 12.4. The molecule has 0 saturated carbocycles. The second kappa shape index (κ2) is 8.06. The highest BCUT2D eigenvalue weighted by molar-refractivity contribution is 5.98. The Kier molecular flexibility index (Phi) is 6.43. The first-order chi connectivity index (χ1) is 10.7. The number of halogens is 2. The molecule has 0 unspecified atom stereocenters. The van der Waals surface area contributed by atoms with E-state index in [1.54, 1.807) is 13.8 Å². The molecular formula is C14H16F2N2O5. The number of rotatable bonds is 6. The fourth-order valence-electron chi connectivity index (χ4n) is 1.67. The number of nitrogens with two attached hydrogens (primary N) is 1. The molecule has 0 bridgehead atoms. The maximum Gasteiger partial charge on any atom is 0.387 e. The van der Waals surface area contributed by atoms with Gasteiger partial charge >= 0.3 is 18.6 Å². The molecule has 0 radical (unpaired) electrons. The number of esters is 1. The Hall–Kier alpha value is -2.71. The third-order valence-electron chi connectivity index (χ3n) is 2.64. The minimum absolute atomic E-state index is 0.0827. The Labute approximate surface area is 130 Å². The molecule has 0 heterocycles. The summed E-state index contributed by atoms with van der Waals surface area (Å²) in [6.45, 7) is 0.148. The van der Waals surface area contributed by atoms with Gasteiger partial charge in [-0.1, -0.05) is 19.9 Å². The van der Waals surface area contributed by atoms with Crippen molar-refractivity contribution in [2.45, 2.75) is 26.6 Å². The molecule has 3 N–H and O–H groups in total. The maximum absolute atomic E-state index is 12.2. The molecule has 0 saturated heterocycles. The number of carbonyl (C=O) groups is 3. The summed E-state index contributed by atoms with van der Waals surface area (Å²) in [6.07, 6.45) is -1.27. The summed E-state index contributed by atoms with van der Waals surface area (Å²) < 4.78 is 33.5. The molecule has 0 aromatic heterocycles. The lowest BCUT2D eigenvalue weighted by molar-refractivity contribution is -0.130. The van der Waals surface area contributed by atoms with Crippen LogP contribution in [0.1, 0.15) is 24.2 Å². The van der Waals surface area contributed by atoms with Crippen LogP contribution in [0.15, 0.2) is 24.3 Å².